The van der Waals surface area contributed by atoms with Gasteiger partial charge >= 0.3 is 5.97 Å². The number of pyridine rings is 1. The first kappa shape index (κ1) is 13.4. The van der Waals surface area contributed by atoms with Crippen molar-refractivity contribution in [3.05, 3.63) is 23.5 Å². The van der Waals surface area contributed by atoms with Gasteiger partial charge in [-0.3, -0.25) is 4.98 Å². The number of sulfone groups is 1. The van der Waals surface area contributed by atoms with E-state index in [9.17, 15) is 13.2 Å². The largest absolute Gasteiger partial charge is 0.461 e. The first-order valence-corrected chi connectivity index (χ1v) is 6.92. The lowest BCUT2D eigenvalue weighted by Crippen LogP contribution is -2.15. The van der Waals surface area contributed by atoms with Crippen LogP contribution in [0.15, 0.2) is 12.3 Å². The monoisotopic (exact) mass is 258 g/mol. The second-order valence-corrected chi connectivity index (χ2v) is 5.93. The molecule has 0 aliphatic carbocycles. The minimum Gasteiger partial charge on any atom is -0.461 e. The summed E-state index contributed by atoms with van der Waals surface area (Å²) in [6.07, 6.45) is 2.51. The summed E-state index contributed by atoms with van der Waals surface area (Å²) in [4.78, 5) is 15.5. The minimum atomic E-state index is -3.14. The summed E-state index contributed by atoms with van der Waals surface area (Å²) >= 11 is 0. The number of carbonyl (C=O) groups is 1. The molecule has 1 aromatic heterocycles. The van der Waals surface area contributed by atoms with Crippen LogP contribution in [-0.2, 0) is 14.6 Å². The first-order chi connectivity index (χ1) is 7.79. The number of anilines is 1. The van der Waals surface area contributed by atoms with Crippen molar-refractivity contribution in [2.75, 3.05) is 24.3 Å². The van der Waals surface area contributed by atoms with E-state index in [-0.39, 0.29) is 17.9 Å². The number of nitrogens with zero attached hydrogens (tertiary/aromatic N) is 1. The van der Waals surface area contributed by atoms with Crippen LogP contribution in [0.1, 0.15) is 16.1 Å². The van der Waals surface area contributed by atoms with Gasteiger partial charge in [0.2, 0.25) is 0 Å². The highest BCUT2D eigenvalue weighted by Crippen LogP contribution is 2.10. The van der Waals surface area contributed by atoms with Crippen LogP contribution in [0, 0.1) is 6.92 Å². The van der Waals surface area contributed by atoms with E-state index in [1.807, 2.05) is 0 Å². The number of ether oxygens (including phenoxy) is 1. The molecule has 7 heteroatoms. The molecule has 0 amide bonds. The van der Waals surface area contributed by atoms with E-state index in [0.29, 0.717) is 11.4 Å². The molecule has 0 fully saturated rings. The molecule has 1 heterocycles. The molecule has 6 nitrogen and oxygen atoms in total. The van der Waals surface area contributed by atoms with Gasteiger partial charge in [-0.15, -0.1) is 0 Å². The Kier molecular flexibility index (Phi) is 4.06. The van der Waals surface area contributed by atoms with E-state index in [2.05, 4.69) is 4.98 Å². The third-order valence-corrected chi connectivity index (χ3v) is 2.92. The summed E-state index contributed by atoms with van der Waals surface area (Å²) in [5.74, 6) is -0.820. The smallest absolute Gasteiger partial charge is 0.340 e. The summed E-state index contributed by atoms with van der Waals surface area (Å²) in [6.45, 7) is 1.47. The van der Waals surface area contributed by atoms with Gasteiger partial charge in [0.05, 0.1) is 28.9 Å². The van der Waals surface area contributed by atoms with Crippen LogP contribution in [0.4, 0.5) is 5.69 Å². The second kappa shape index (κ2) is 5.13. The Bertz CT molecular complexity index is 525. The van der Waals surface area contributed by atoms with E-state index in [4.69, 9.17) is 10.5 Å². The molecule has 0 unspecified atom stereocenters. The van der Waals surface area contributed by atoms with Crippen LogP contribution in [0.2, 0.25) is 0 Å². The molecule has 2 N–H and O–H groups in total. The number of aryl methyl sites for hydroxylation is 1. The number of aromatic nitrogens is 1. The predicted octanol–water partition coefficient (Wildman–Crippen LogP) is 0.174. The Labute approximate surface area is 99.7 Å². The molecule has 17 heavy (non-hydrogen) atoms. The van der Waals surface area contributed by atoms with Crippen LogP contribution in [0.5, 0.6) is 0 Å². The van der Waals surface area contributed by atoms with Crippen molar-refractivity contribution in [2.45, 2.75) is 6.92 Å². The van der Waals surface area contributed by atoms with Crippen molar-refractivity contribution in [3.8, 4) is 0 Å². The molecule has 0 aromatic carbocycles. The molecule has 0 bridgehead atoms. The zero-order valence-corrected chi connectivity index (χ0v) is 10.5. The lowest BCUT2D eigenvalue weighted by Gasteiger charge is -2.06. The molecule has 0 aliphatic rings. The van der Waals surface area contributed by atoms with E-state index >= 15 is 0 Å². The molecular weight excluding hydrogens is 244 g/mol. The van der Waals surface area contributed by atoms with Crippen molar-refractivity contribution < 1.29 is 17.9 Å². The molecule has 0 saturated heterocycles. The average molecular weight is 258 g/mol. The van der Waals surface area contributed by atoms with Crippen LogP contribution in [0.25, 0.3) is 0 Å². The highest BCUT2D eigenvalue weighted by molar-refractivity contribution is 7.90. The maximum Gasteiger partial charge on any atom is 0.340 e. The van der Waals surface area contributed by atoms with Gasteiger partial charge < -0.3 is 10.5 Å². The maximum absolute atomic E-state index is 11.6. The van der Waals surface area contributed by atoms with Crippen LogP contribution in [0.3, 0.4) is 0 Å². The number of nitrogen functional groups attached to an aromatic ring is 1. The quantitative estimate of drug-likeness (QED) is 0.773. The second-order valence-electron chi connectivity index (χ2n) is 3.67. The first-order valence-electron chi connectivity index (χ1n) is 4.86. The standard InChI is InChI=1S/C10H14N2O4S/c1-7-9(5-8(11)6-12-7)10(13)16-3-4-17(2,14)15/h5-6H,3-4,11H2,1-2H3. The van der Waals surface area contributed by atoms with E-state index in [0.717, 1.165) is 6.26 Å². The molecule has 1 aromatic rings. The minimum absolute atomic E-state index is 0.175. The van der Waals surface area contributed by atoms with Crippen molar-refractivity contribution in [1.82, 2.24) is 4.98 Å². The highest BCUT2D eigenvalue weighted by atomic mass is 32.2. The van der Waals surface area contributed by atoms with Gasteiger partial charge in [-0.05, 0) is 13.0 Å². The molecule has 0 radical (unpaired) electrons. The number of nitrogens with two attached hydrogens (primary N) is 1. The third kappa shape index (κ3) is 4.39. The number of carbonyl (C=O) groups excluding carboxylic acids is 1. The molecule has 1 rings (SSSR count). The summed E-state index contributed by atoms with van der Waals surface area (Å²) < 4.78 is 26.5. The van der Waals surface area contributed by atoms with Gasteiger partial charge in [-0.2, -0.15) is 0 Å². The molecular formula is C10H14N2O4S. The Hall–Kier alpha value is -1.63. The van der Waals surface area contributed by atoms with Crippen LogP contribution < -0.4 is 5.73 Å². The van der Waals surface area contributed by atoms with E-state index < -0.39 is 15.8 Å². The Morgan fingerprint density at radius 3 is 2.76 bits per heavy atom. The summed E-state index contributed by atoms with van der Waals surface area (Å²) in [5, 5.41) is 0. The lowest BCUT2D eigenvalue weighted by atomic mass is 10.2. The number of rotatable bonds is 4. The normalized spacial score (nSPS) is 11.2. The summed E-state index contributed by atoms with van der Waals surface area (Å²) in [7, 11) is -3.14. The fraction of sp³-hybridized carbons (Fsp3) is 0.400. The van der Waals surface area contributed by atoms with E-state index in [1.165, 1.54) is 12.3 Å². The number of hydrogen-bond acceptors (Lipinski definition) is 6. The SMILES string of the molecule is Cc1ncc(N)cc1C(=O)OCCS(C)(=O)=O. The predicted molar refractivity (Wildman–Crippen MR) is 63.4 cm³/mol. The fourth-order valence-electron chi connectivity index (χ4n) is 1.12. The molecule has 0 aliphatic heterocycles. The van der Waals surface area contributed by atoms with Crippen molar-refractivity contribution in [1.29, 1.82) is 0 Å². The molecule has 94 valence electrons. The highest BCUT2D eigenvalue weighted by Gasteiger charge is 2.13. The molecule has 0 spiro atoms. The Morgan fingerprint density at radius 2 is 2.18 bits per heavy atom. The van der Waals surface area contributed by atoms with Gasteiger partial charge in [0.15, 0.2) is 9.84 Å². The van der Waals surface area contributed by atoms with Crippen LogP contribution in [-0.4, -0.2) is 38.0 Å². The number of hydrogen-bond donors (Lipinski definition) is 1. The van der Waals surface area contributed by atoms with Gasteiger partial charge in [-0.25, -0.2) is 13.2 Å². The van der Waals surface area contributed by atoms with Gasteiger partial charge in [0.25, 0.3) is 0 Å². The topological polar surface area (TPSA) is 99.3 Å². The average Bonchev–Trinajstić information content (AvgIpc) is 2.19. The van der Waals surface area contributed by atoms with Crippen molar-refractivity contribution in [3.63, 3.8) is 0 Å². The molecule has 0 saturated carbocycles. The van der Waals surface area contributed by atoms with Gasteiger partial charge in [-0.1, -0.05) is 0 Å². The zero-order chi connectivity index (χ0) is 13.1. The van der Waals surface area contributed by atoms with Crippen molar-refractivity contribution >= 4 is 21.5 Å². The summed E-state index contributed by atoms with van der Waals surface area (Å²) in [6, 6.07) is 1.45. The maximum atomic E-state index is 11.6. The van der Waals surface area contributed by atoms with E-state index in [1.54, 1.807) is 6.92 Å². The zero-order valence-electron chi connectivity index (χ0n) is 9.63. The van der Waals surface area contributed by atoms with Crippen LogP contribution >= 0.6 is 0 Å². The number of esters is 1. The van der Waals surface area contributed by atoms with Gasteiger partial charge in [0, 0.05) is 6.26 Å². The summed E-state index contributed by atoms with van der Waals surface area (Å²) in [5.41, 5.74) is 6.59. The Morgan fingerprint density at radius 1 is 1.53 bits per heavy atom. The van der Waals surface area contributed by atoms with Gasteiger partial charge in [0.1, 0.15) is 6.61 Å². The molecule has 0 atom stereocenters. The Balaban J connectivity index is 2.67. The third-order valence-electron chi connectivity index (χ3n) is 2.02. The van der Waals surface area contributed by atoms with Crippen molar-refractivity contribution in [2.24, 2.45) is 0 Å². The fourth-order valence-corrected chi connectivity index (χ4v) is 1.51. The lowest BCUT2D eigenvalue weighted by molar-refractivity contribution is 0.0528.